The quantitative estimate of drug-likeness (QED) is 0.696. The molecule has 0 radical (unpaired) electrons. The number of nitrogens with zero attached hydrogens (tertiary/aromatic N) is 2. The van der Waals surface area contributed by atoms with Crippen LogP contribution in [0.15, 0.2) is 41.2 Å². The van der Waals surface area contributed by atoms with Crippen LogP contribution in [0.5, 0.6) is 17.4 Å². The Balaban J connectivity index is 1.69. The summed E-state index contributed by atoms with van der Waals surface area (Å²) in [5, 5.41) is 7.85. The van der Waals surface area contributed by atoms with Crippen LogP contribution in [0.2, 0.25) is 0 Å². The standard InChI is InChI=1S/C22H23N3O5/c1-4-25-21(26)16-12-19(29-3)18(28-2)11-15(16)20(24-25)30-22(27)23-17-10-9-13-7-5-6-8-14(13)17/h5-8,11-12,17H,4,9-10H2,1-3H3,(H,23,27)/t17-/m0/s1. The molecule has 1 heterocycles. The highest BCUT2D eigenvalue weighted by Crippen LogP contribution is 2.34. The number of nitrogens with one attached hydrogen (secondary N) is 1. The Morgan fingerprint density at radius 1 is 1.17 bits per heavy atom. The van der Waals surface area contributed by atoms with Crippen molar-refractivity contribution in [3.63, 3.8) is 0 Å². The van der Waals surface area contributed by atoms with Crippen molar-refractivity contribution in [1.82, 2.24) is 15.1 Å². The Hall–Kier alpha value is -3.55. The molecule has 1 N–H and O–H groups in total. The van der Waals surface area contributed by atoms with Crippen LogP contribution in [0.25, 0.3) is 10.8 Å². The minimum absolute atomic E-state index is 0.0381. The molecule has 30 heavy (non-hydrogen) atoms. The lowest BCUT2D eigenvalue weighted by Crippen LogP contribution is -2.31. The first-order chi connectivity index (χ1) is 14.5. The number of carbonyl (C=O) groups excluding carboxylic acids is 1. The highest BCUT2D eigenvalue weighted by atomic mass is 16.6. The van der Waals surface area contributed by atoms with Crippen LogP contribution in [-0.2, 0) is 13.0 Å². The number of methoxy groups -OCH3 is 2. The fraction of sp³-hybridized carbons (Fsp3) is 0.318. The van der Waals surface area contributed by atoms with Crippen molar-refractivity contribution in [3.05, 3.63) is 57.9 Å². The summed E-state index contributed by atoms with van der Waals surface area (Å²) in [6, 6.07) is 11.1. The van der Waals surface area contributed by atoms with Gasteiger partial charge in [-0.05, 0) is 43.0 Å². The largest absolute Gasteiger partial charge is 0.493 e. The third-order valence-electron chi connectivity index (χ3n) is 5.34. The van der Waals surface area contributed by atoms with E-state index in [0.717, 1.165) is 18.4 Å². The molecule has 3 aromatic rings. The number of aromatic nitrogens is 2. The van der Waals surface area contributed by atoms with Gasteiger partial charge >= 0.3 is 6.09 Å². The Kier molecular flexibility index (Phi) is 5.31. The van der Waals surface area contributed by atoms with Crippen molar-refractivity contribution in [2.75, 3.05) is 14.2 Å². The van der Waals surface area contributed by atoms with Gasteiger partial charge in [0.2, 0.25) is 5.88 Å². The monoisotopic (exact) mass is 409 g/mol. The van der Waals surface area contributed by atoms with Gasteiger partial charge in [-0.3, -0.25) is 4.79 Å². The molecule has 8 heteroatoms. The summed E-state index contributed by atoms with van der Waals surface area (Å²) in [6.07, 6.45) is 1.09. The zero-order valence-electron chi connectivity index (χ0n) is 17.1. The number of fused-ring (bicyclic) bond motifs is 2. The normalized spacial score (nSPS) is 15.0. The smallest absolute Gasteiger partial charge is 0.414 e. The van der Waals surface area contributed by atoms with Crippen LogP contribution in [-0.4, -0.2) is 30.1 Å². The van der Waals surface area contributed by atoms with E-state index in [-0.39, 0.29) is 17.5 Å². The first-order valence-electron chi connectivity index (χ1n) is 9.78. The molecule has 0 spiro atoms. The van der Waals surface area contributed by atoms with Gasteiger partial charge in [0.1, 0.15) is 0 Å². The molecule has 1 aliphatic rings. The SMILES string of the molecule is CCn1nc(OC(=O)N[C@H]2CCc3ccccc32)c2cc(OC)c(OC)cc2c1=O. The van der Waals surface area contributed by atoms with Gasteiger partial charge in [-0.2, -0.15) is 0 Å². The van der Waals surface area contributed by atoms with Gasteiger partial charge in [-0.15, -0.1) is 5.10 Å². The van der Waals surface area contributed by atoms with Crippen molar-refractivity contribution in [2.45, 2.75) is 32.4 Å². The van der Waals surface area contributed by atoms with Crippen molar-refractivity contribution >= 4 is 16.9 Å². The van der Waals surface area contributed by atoms with Crippen LogP contribution in [0.3, 0.4) is 0 Å². The first kappa shape index (κ1) is 19.8. The number of benzene rings is 2. The van der Waals surface area contributed by atoms with E-state index in [4.69, 9.17) is 14.2 Å². The molecule has 1 atom stereocenters. The topological polar surface area (TPSA) is 91.7 Å². The zero-order chi connectivity index (χ0) is 21.3. The number of hydrogen-bond acceptors (Lipinski definition) is 6. The lowest BCUT2D eigenvalue weighted by Gasteiger charge is -2.16. The molecule has 0 fully saturated rings. The van der Waals surface area contributed by atoms with Gasteiger partial charge in [0.25, 0.3) is 5.56 Å². The fourth-order valence-electron chi connectivity index (χ4n) is 3.84. The maximum Gasteiger partial charge on any atom is 0.414 e. The van der Waals surface area contributed by atoms with E-state index >= 15 is 0 Å². The molecular formula is C22H23N3O5. The highest BCUT2D eigenvalue weighted by Gasteiger charge is 2.25. The number of ether oxygens (including phenoxy) is 3. The highest BCUT2D eigenvalue weighted by molar-refractivity contribution is 5.90. The van der Waals surface area contributed by atoms with Gasteiger partial charge in [-0.25, -0.2) is 9.48 Å². The average molecular weight is 409 g/mol. The molecule has 0 aliphatic heterocycles. The molecule has 0 unspecified atom stereocenters. The van der Waals surface area contributed by atoms with Crippen LogP contribution >= 0.6 is 0 Å². The van der Waals surface area contributed by atoms with Gasteiger partial charge < -0.3 is 19.5 Å². The number of rotatable bonds is 5. The number of hydrogen-bond donors (Lipinski definition) is 1. The Bertz CT molecular complexity index is 1170. The molecule has 1 aromatic heterocycles. The zero-order valence-corrected chi connectivity index (χ0v) is 17.1. The predicted molar refractivity (Wildman–Crippen MR) is 111 cm³/mol. The molecule has 2 aromatic carbocycles. The Morgan fingerprint density at radius 3 is 2.57 bits per heavy atom. The minimum Gasteiger partial charge on any atom is -0.493 e. The van der Waals surface area contributed by atoms with Gasteiger partial charge in [-0.1, -0.05) is 24.3 Å². The van der Waals surface area contributed by atoms with Gasteiger partial charge in [0.15, 0.2) is 11.5 Å². The summed E-state index contributed by atoms with van der Waals surface area (Å²) in [7, 11) is 2.99. The number of amides is 1. The molecule has 156 valence electrons. The molecule has 1 aliphatic carbocycles. The fourth-order valence-corrected chi connectivity index (χ4v) is 3.84. The lowest BCUT2D eigenvalue weighted by molar-refractivity contribution is 0.193. The molecule has 0 saturated heterocycles. The summed E-state index contributed by atoms with van der Waals surface area (Å²) in [5.74, 6) is 0.862. The molecule has 0 bridgehead atoms. The van der Waals surface area contributed by atoms with Crippen molar-refractivity contribution in [3.8, 4) is 17.4 Å². The van der Waals surface area contributed by atoms with Crippen LogP contribution in [0.4, 0.5) is 4.79 Å². The van der Waals surface area contributed by atoms with E-state index in [1.165, 1.54) is 24.5 Å². The molecule has 4 rings (SSSR count). The van der Waals surface area contributed by atoms with Crippen molar-refractivity contribution in [2.24, 2.45) is 0 Å². The maximum atomic E-state index is 12.7. The van der Waals surface area contributed by atoms with E-state index < -0.39 is 6.09 Å². The predicted octanol–water partition coefficient (Wildman–Crippen LogP) is 3.21. The number of carbonyl (C=O) groups is 1. The second kappa shape index (κ2) is 8.06. The van der Waals surface area contributed by atoms with E-state index in [2.05, 4.69) is 16.5 Å². The van der Waals surface area contributed by atoms with E-state index in [9.17, 15) is 9.59 Å². The van der Waals surface area contributed by atoms with Crippen molar-refractivity contribution < 1.29 is 19.0 Å². The summed E-state index contributed by atoms with van der Waals surface area (Å²) < 4.78 is 17.4. The average Bonchev–Trinajstić information content (AvgIpc) is 3.17. The Labute approximate surface area is 173 Å². The first-order valence-corrected chi connectivity index (χ1v) is 9.78. The maximum absolute atomic E-state index is 12.7. The molecule has 1 amide bonds. The van der Waals surface area contributed by atoms with E-state index in [1.54, 1.807) is 19.1 Å². The third-order valence-corrected chi connectivity index (χ3v) is 5.34. The van der Waals surface area contributed by atoms with Crippen LogP contribution in [0, 0.1) is 0 Å². The summed E-state index contributed by atoms with van der Waals surface area (Å²) in [5.41, 5.74) is 2.02. The van der Waals surface area contributed by atoms with E-state index in [1.807, 2.05) is 18.2 Å². The molecular weight excluding hydrogens is 386 g/mol. The molecule has 0 saturated carbocycles. The minimum atomic E-state index is -0.624. The van der Waals surface area contributed by atoms with Gasteiger partial charge in [0, 0.05) is 6.54 Å². The second-order valence-corrected chi connectivity index (χ2v) is 7.00. The summed E-state index contributed by atoms with van der Waals surface area (Å²) in [6.45, 7) is 2.12. The molecule has 8 nitrogen and oxygen atoms in total. The lowest BCUT2D eigenvalue weighted by atomic mass is 10.1. The van der Waals surface area contributed by atoms with Gasteiger partial charge in [0.05, 0.1) is 31.0 Å². The summed E-state index contributed by atoms with van der Waals surface area (Å²) in [4.78, 5) is 25.4. The second-order valence-electron chi connectivity index (χ2n) is 7.00. The van der Waals surface area contributed by atoms with E-state index in [0.29, 0.717) is 28.8 Å². The third kappa shape index (κ3) is 3.45. The van der Waals surface area contributed by atoms with Crippen LogP contribution in [0.1, 0.15) is 30.5 Å². The van der Waals surface area contributed by atoms with Crippen LogP contribution < -0.4 is 25.1 Å². The summed E-state index contributed by atoms with van der Waals surface area (Å²) >= 11 is 0. The Morgan fingerprint density at radius 2 is 1.87 bits per heavy atom. The number of aryl methyl sites for hydroxylation is 2. The van der Waals surface area contributed by atoms with Crippen molar-refractivity contribution in [1.29, 1.82) is 0 Å².